The molecule has 2 aromatic carbocycles. The van der Waals surface area contributed by atoms with Crippen LogP contribution in [-0.2, 0) is 11.3 Å². The molecule has 9 heteroatoms. The average molecular weight is 453 g/mol. The molecule has 8 nitrogen and oxygen atoms in total. The highest BCUT2D eigenvalue weighted by Crippen LogP contribution is 2.38. The van der Waals surface area contributed by atoms with Crippen molar-refractivity contribution in [2.24, 2.45) is 5.73 Å². The van der Waals surface area contributed by atoms with Crippen LogP contribution in [0.3, 0.4) is 0 Å². The second kappa shape index (κ2) is 9.84. The quantitative estimate of drug-likeness (QED) is 0.603. The van der Waals surface area contributed by atoms with Gasteiger partial charge in [-0.25, -0.2) is 0 Å². The molecule has 0 fully saturated rings. The van der Waals surface area contributed by atoms with Crippen molar-refractivity contribution in [1.29, 1.82) is 0 Å². The summed E-state index contributed by atoms with van der Waals surface area (Å²) < 4.78 is 22.0. The number of benzene rings is 2. The van der Waals surface area contributed by atoms with E-state index in [1.807, 2.05) is 18.2 Å². The van der Waals surface area contributed by atoms with Gasteiger partial charge in [0.1, 0.15) is 5.75 Å². The number of nitrogens with two attached hydrogens (primary N) is 1. The zero-order valence-electron chi connectivity index (χ0n) is 15.7. The van der Waals surface area contributed by atoms with Crippen molar-refractivity contribution in [3.8, 4) is 23.0 Å². The van der Waals surface area contributed by atoms with Gasteiger partial charge >= 0.3 is 0 Å². The zero-order chi connectivity index (χ0) is 20.7. The van der Waals surface area contributed by atoms with E-state index in [2.05, 4.69) is 21.2 Å². The summed E-state index contributed by atoms with van der Waals surface area (Å²) in [5.41, 5.74) is 6.22. The van der Waals surface area contributed by atoms with Crippen molar-refractivity contribution in [3.05, 3.63) is 45.9 Å². The number of nitrogens with one attached hydrogen (secondary N) is 1. The standard InChI is InChI=1S/C19H21BrN2O6/c1-25-14-5-4-13(20)6-12(14)9-22-19(24)11-7-15(26-2)18(16(8-11)27-3)28-10-17(21)23/h4-8H,9-10H2,1-3H3,(H2,21,23)(H,22,24). The molecule has 0 aliphatic rings. The van der Waals surface area contributed by atoms with Crippen LogP contribution in [0.4, 0.5) is 0 Å². The van der Waals surface area contributed by atoms with Gasteiger partial charge in [-0.05, 0) is 30.3 Å². The maximum atomic E-state index is 12.6. The highest BCUT2D eigenvalue weighted by Gasteiger charge is 2.18. The number of hydrogen-bond donors (Lipinski definition) is 2. The fourth-order valence-corrected chi connectivity index (χ4v) is 2.87. The number of carbonyl (C=O) groups excluding carboxylic acids is 2. The summed E-state index contributed by atoms with van der Waals surface area (Å²) in [4.78, 5) is 23.6. The van der Waals surface area contributed by atoms with Crippen LogP contribution in [0.25, 0.3) is 0 Å². The van der Waals surface area contributed by atoms with E-state index in [9.17, 15) is 9.59 Å². The Bertz CT molecular complexity index is 846. The number of methoxy groups -OCH3 is 3. The lowest BCUT2D eigenvalue weighted by atomic mass is 10.1. The number of hydrogen-bond acceptors (Lipinski definition) is 6. The van der Waals surface area contributed by atoms with Gasteiger partial charge in [0, 0.05) is 22.1 Å². The van der Waals surface area contributed by atoms with Crippen LogP contribution >= 0.6 is 15.9 Å². The highest BCUT2D eigenvalue weighted by atomic mass is 79.9. The molecule has 28 heavy (non-hydrogen) atoms. The summed E-state index contributed by atoms with van der Waals surface area (Å²) in [5.74, 6) is 0.341. The molecule has 0 radical (unpaired) electrons. The number of amides is 2. The first-order chi connectivity index (χ1) is 13.4. The Morgan fingerprint density at radius 3 is 2.14 bits per heavy atom. The van der Waals surface area contributed by atoms with Crippen molar-refractivity contribution in [1.82, 2.24) is 5.32 Å². The summed E-state index contributed by atoms with van der Waals surface area (Å²) >= 11 is 3.40. The molecule has 0 atom stereocenters. The van der Waals surface area contributed by atoms with E-state index >= 15 is 0 Å². The first-order valence-electron chi connectivity index (χ1n) is 8.17. The Morgan fingerprint density at radius 2 is 1.61 bits per heavy atom. The third-order valence-corrected chi connectivity index (χ3v) is 4.26. The van der Waals surface area contributed by atoms with E-state index in [0.717, 1.165) is 10.0 Å². The molecule has 3 N–H and O–H groups in total. The predicted molar refractivity (Wildman–Crippen MR) is 106 cm³/mol. The van der Waals surface area contributed by atoms with Gasteiger partial charge in [0.25, 0.3) is 11.8 Å². The van der Waals surface area contributed by atoms with E-state index in [0.29, 0.717) is 11.3 Å². The first-order valence-corrected chi connectivity index (χ1v) is 8.96. The molecule has 0 saturated heterocycles. The first kappa shape index (κ1) is 21.4. The Morgan fingerprint density at radius 1 is 1.00 bits per heavy atom. The predicted octanol–water partition coefficient (Wildman–Crippen LogP) is 2.27. The minimum absolute atomic E-state index is 0.189. The molecule has 150 valence electrons. The molecule has 0 unspecified atom stereocenters. The van der Waals surface area contributed by atoms with Crippen molar-refractivity contribution in [3.63, 3.8) is 0 Å². The SMILES string of the molecule is COc1ccc(Br)cc1CNC(=O)c1cc(OC)c(OCC(N)=O)c(OC)c1. The molecule has 0 aliphatic carbocycles. The minimum atomic E-state index is -0.645. The van der Waals surface area contributed by atoms with E-state index in [1.165, 1.54) is 26.4 Å². The number of primary amides is 1. The minimum Gasteiger partial charge on any atom is -0.496 e. The zero-order valence-corrected chi connectivity index (χ0v) is 17.3. The second-order valence-electron chi connectivity index (χ2n) is 5.60. The largest absolute Gasteiger partial charge is 0.496 e. The lowest BCUT2D eigenvalue weighted by Crippen LogP contribution is -2.23. The van der Waals surface area contributed by atoms with Gasteiger partial charge in [-0.15, -0.1) is 0 Å². The van der Waals surface area contributed by atoms with Gasteiger partial charge in [-0.2, -0.15) is 0 Å². The number of carbonyl (C=O) groups is 2. The van der Waals surface area contributed by atoms with Crippen LogP contribution in [0.1, 0.15) is 15.9 Å². The van der Waals surface area contributed by atoms with E-state index < -0.39 is 5.91 Å². The summed E-state index contributed by atoms with van der Waals surface area (Å²) in [6, 6.07) is 8.51. The Hall–Kier alpha value is -2.94. The van der Waals surface area contributed by atoms with Gasteiger partial charge in [-0.1, -0.05) is 15.9 Å². The number of rotatable bonds is 9. The van der Waals surface area contributed by atoms with E-state index in [-0.39, 0.29) is 36.3 Å². The Labute approximate surface area is 171 Å². The van der Waals surface area contributed by atoms with Crippen molar-refractivity contribution in [2.75, 3.05) is 27.9 Å². The van der Waals surface area contributed by atoms with Gasteiger partial charge < -0.3 is 30.0 Å². The summed E-state index contributed by atoms with van der Waals surface area (Å²) in [6.45, 7) is -0.0903. The van der Waals surface area contributed by atoms with Crippen molar-refractivity contribution < 1.29 is 28.5 Å². The van der Waals surface area contributed by atoms with Gasteiger partial charge in [0.2, 0.25) is 5.75 Å². The third kappa shape index (κ3) is 5.29. The molecular formula is C19H21BrN2O6. The van der Waals surface area contributed by atoms with Crippen LogP contribution in [0, 0.1) is 0 Å². The van der Waals surface area contributed by atoms with Crippen LogP contribution in [0.5, 0.6) is 23.0 Å². The summed E-state index contributed by atoms with van der Waals surface area (Å²) in [7, 11) is 4.40. The fraction of sp³-hybridized carbons (Fsp3) is 0.263. The lowest BCUT2D eigenvalue weighted by Gasteiger charge is -2.16. The molecule has 0 aromatic heterocycles. The second-order valence-corrected chi connectivity index (χ2v) is 6.52. The van der Waals surface area contributed by atoms with Crippen molar-refractivity contribution >= 4 is 27.7 Å². The smallest absolute Gasteiger partial charge is 0.255 e. The summed E-state index contributed by atoms with van der Waals surface area (Å²) in [5, 5.41) is 2.82. The molecule has 0 heterocycles. The molecule has 0 bridgehead atoms. The average Bonchev–Trinajstić information content (AvgIpc) is 2.69. The number of ether oxygens (including phenoxy) is 4. The molecule has 2 amide bonds. The fourth-order valence-electron chi connectivity index (χ4n) is 2.46. The van der Waals surface area contributed by atoms with E-state index in [1.54, 1.807) is 7.11 Å². The normalized spacial score (nSPS) is 10.1. The topological polar surface area (TPSA) is 109 Å². The number of halogens is 1. The van der Waals surface area contributed by atoms with Gasteiger partial charge in [0.05, 0.1) is 21.3 Å². The van der Waals surface area contributed by atoms with Crippen LogP contribution in [-0.4, -0.2) is 39.8 Å². The molecule has 0 spiro atoms. The van der Waals surface area contributed by atoms with Gasteiger partial charge in [0.15, 0.2) is 18.1 Å². The Kier molecular flexibility index (Phi) is 7.51. The van der Waals surface area contributed by atoms with E-state index in [4.69, 9.17) is 24.7 Å². The maximum absolute atomic E-state index is 12.6. The summed E-state index contributed by atoms with van der Waals surface area (Å²) in [6.07, 6.45) is 0. The monoisotopic (exact) mass is 452 g/mol. The Balaban J connectivity index is 2.23. The van der Waals surface area contributed by atoms with Crippen LogP contribution < -0.4 is 30.0 Å². The molecule has 2 rings (SSSR count). The lowest BCUT2D eigenvalue weighted by molar-refractivity contribution is -0.120. The maximum Gasteiger partial charge on any atom is 0.255 e. The molecule has 0 aliphatic heterocycles. The van der Waals surface area contributed by atoms with Crippen molar-refractivity contribution in [2.45, 2.75) is 6.54 Å². The molecule has 0 saturated carbocycles. The molecule has 2 aromatic rings. The highest BCUT2D eigenvalue weighted by molar-refractivity contribution is 9.10. The van der Waals surface area contributed by atoms with Crippen LogP contribution in [0.2, 0.25) is 0 Å². The van der Waals surface area contributed by atoms with Gasteiger partial charge in [-0.3, -0.25) is 9.59 Å². The third-order valence-electron chi connectivity index (χ3n) is 3.76. The van der Waals surface area contributed by atoms with Crippen LogP contribution in [0.15, 0.2) is 34.8 Å². The molecular weight excluding hydrogens is 432 g/mol.